The Kier molecular flexibility index (Phi) is 9.22. The van der Waals surface area contributed by atoms with Crippen molar-refractivity contribution in [2.75, 3.05) is 49.1 Å². The van der Waals surface area contributed by atoms with Gasteiger partial charge in [-0.1, -0.05) is 24.3 Å². The Bertz CT molecular complexity index is 1280. The summed E-state index contributed by atoms with van der Waals surface area (Å²) in [4.78, 5) is 59.8. The molecule has 2 N–H and O–H groups in total. The minimum absolute atomic E-state index is 0.140. The van der Waals surface area contributed by atoms with E-state index >= 15 is 0 Å². The lowest BCUT2D eigenvalue weighted by Crippen LogP contribution is -2.55. The Labute approximate surface area is 252 Å². The monoisotopic (exact) mass is 594 g/mol. The molecule has 6 atom stereocenters. The van der Waals surface area contributed by atoms with E-state index in [-0.39, 0.29) is 56.8 Å². The third kappa shape index (κ3) is 5.68. The number of aliphatic hydroxyl groups is 1. The van der Waals surface area contributed by atoms with E-state index in [0.29, 0.717) is 12.1 Å². The van der Waals surface area contributed by atoms with E-state index in [1.165, 1.54) is 4.90 Å². The zero-order valence-electron chi connectivity index (χ0n) is 25.1. The zero-order chi connectivity index (χ0) is 30.7. The van der Waals surface area contributed by atoms with Gasteiger partial charge in [0, 0.05) is 50.6 Å². The van der Waals surface area contributed by atoms with Crippen LogP contribution in [0.2, 0.25) is 0 Å². The summed E-state index contributed by atoms with van der Waals surface area (Å²) in [5.41, 5.74) is 0.333. The number of aliphatic hydroxyl groups excluding tert-OH is 1. The number of anilines is 2. The van der Waals surface area contributed by atoms with Crippen molar-refractivity contribution in [3.63, 3.8) is 0 Å². The van der Waals surface area contributed by atoms with Crippen molar-refractivity contribution in [3.05, 3.63) is 48.6 Å². The second kappa shape index (κ2) is 12.9. The lowest BCUT2D eigenvalue weighted by atomic mass is 9.78. The minimum Gasteiger partial charge on any atom is -0.460 e. The smallest absolute Gasteiger partial charge is 0.313 e. The summed E-state index contributed by atoms with van der Waals surface area (Å²) in [5, 5.41) is 12.4. The number of likely N-dealkylation sites (tertiary alicyclic amines) is 1. The van der Waals surface area contributed by atoms with Crippen molar-refractivity contribution >= 4 is 35.1 Å². The zero-order valence-corrected chi connectivity index (χ0v) is 25.1. The molecule has 232 valence electrons. The van der Waals surface area contributed by atoms with Crippen LogP contribution in [0.25, 0.3) is 0 Å². The second-order valence-electron chi connectivity index (χ2n) is 11.5. The highest BCUT2D eigenvalue weighted by atomic mass is 16.6. The minimum atomic E-state index is -1.41. The number of allylic oxidation sites excluding steroid dienone is 1. The Hall–Kier alpha value is -3.70. The molecule has 0 radical (unpaired) electrons. The number of fused-ring (bicyclic) bond motifs is 2. The Morgan fingerprint density at radius 2 is 1.81 bits per heavy atom. The van der Waals surface area contributed by atoms with Crippen LogP contribution in [-0.2, 0) is 28.7 Å². The number of ether oxygens (including phenoxy) is 2. The van der Waals surface area contributed by atoms with Gasteiger partial charge in [0.25, 0.3) is 5.91 Å². The fourth-order valence-electron chi connectivity index (χ4n) is 6.81. The fraction of sp³-hybridized carbons (Fsp3) is 0.562. The van der Waals surface area contributed by atoms with Gasteiger partial charge in [-0.2, -0.15) is 0 Å². The van der Waals surface area contributed by atoms with Crippen LogP contribution in [0.5, 0.6) is 0 Å². The standard InChI is InChI=1S/C32H42N4O7/c1-4-34(5-2)22-12-14-23(15-13-22)35-17-8-16-32-27(29(39)36(18-9-19-37)28(32)30(35)40)26-24(43-32)10-6-7-11-25(38)33-20-21(3)42-31(26)41/h6,8,10,12-16,21,24,26-28,37H,4-5,7,9,11,17-20H2,1-3H3,(H,33,38)/b10-6-/t21-,24-,26+,27+,28-,32+/m1/s1. The van der Waals surface area contributed by atoms with E-state index in [4.69, 9.17) is 9.47 Å². The van der Waals surface area contributed by atoms with Crippen LogP contribution in [0.4, 0.5) is 11.4 Å². The normalized spacial score (nSPS) is 31.7. The van der Waals surface area contributed by atoms with Gasteiger partial charge in [0.2, 0.25) is 11.8 Å². The molecule has 4 aliphatic heterocycles. The SMILES string of the molecule is CCN(CC)c1ccc(N2CC=C[C@]34O[C@@H]5/C=C\CCC(=O)NC[C@@H](C)OC(=O)[C@@H]5[C@H]3C(=O)N(CCCO)[C@@H]4C2=O)cc1. The lowest BCUT2D eigenvalue weighted by Gasteiger charge is -2.35. The third-order valence-corrected chi connectivity index (χ3v) is 8.88. The molecule has 4 aliphatic rings. The van der Waals surface area contributed by atoms with Gasteiger partial charge < -0.3 is 34.6 Å². The molecule has 4 heterocycles. The first kappa shape index (κ1) is 30.7. The van der Waals surface area contributed by atoms with Crippen molar-refractivity contribution in [3.8, 4) is 0 Å². The van der Waals surface area contributed by atoms with Crippen LogP contribution in [0.3, 0.4) is 0 Å². The van der Waals surface area contributed by atoms with Gasteiger partial charge in [-0.3, -0.25) is 19.2 Å². The van der Waals surface area contributed by atoms with Gasteiger partial charge in [-0.05, 0) is 57.9 Å². The van der Waals surface area contributed by atoms with Crippen molar-refractivity contribution in [1.29, 1.82) is 0 Å². The van der Waals surface area contributed by atoms with Crippen LogP contribution < -0.4 is 15.1 Å². The molecule has 0 aliphatic carbocycles. The number of cyclic esters (lactones) is 1. The first-order valence-corrected chi connectivity index (χ1v) is 15.3. The largest absolute Gasteiger partial charge is 0.460 e. The van der Waals surface area contributed by atoms with E-state index < -0.39 is 41.7 Å². The Morgan fingerprint density at radius 1 is 1.07 bits per heavy atom. The number of hydrogen-bond acceptors (Lipinski definition) is 8. The topological polar surface area (TPSA) is 129 Å². The van der Waals surface area contributed by atoms with Crippen LogP contribution >= 0.6 is 0 Å². The van der Waals surface area contributed by atoms with Gasteiger partial charge in [-0.15, -0.1) is 0 Å². The molecule has 2 saturated heterocycles. The number of benzene rings is 1. The van der Waals surface area contributed by atoms with Crippen LogP contribution in [0, 0.1) is 11.8 Å². The van der Waals surface area contributed by atoms with E-state index in [0.717, 1.165) is 18.8 Å². The molecular weight excluding hydrogens is 552 g/mol. The summed E-state index contributed by atoms with van der Waals surface area (Å²) in [5.74, 6) is -3.42. The maximum atomic E-state index is 14.5. The predicted octanol–water partition coefficient (Wildman–Crippen LogP) is 1.80. The number of nitrogens with zero attached hydrogens (tertiary/aromatic N) is 3. The summed E-state index contributed by atoms with van der Waals surface area (Å²) in [6.45, 7) is 7.98. The summed E-state index contributed by atoms with van der Waals surface area (Å²) in [6.07, 6.45) is 6.64. The molecule has 11 heteroatoms. The van der Waals surface area contributed by atoms with E-state index in [1.54, 1.807) is 30.1 Å². The number of carbonyl (C=O) groups excluding carboxylic acids is 4. The third-order valence-electron chi connectivity index (χ3n) is 8.88. The number of nitrogens with one attached hydrogen (secondary N) is 1. The fourth-order valence-corrected chi connectivity index (χ4v) is 6.81. The van der Waals surface area contributed by atoms with Gasteiger partial charge in [0.1, 0.15) is 23.7 Å². The van der Waals surface area contributed by atoms with Crippen LogP contribution in [-0.4, -0.2) is 96.9 Å². The first-order valence-electron chi connectivity index (χ1n) is 15.3. The number of rotatable bonds is 7. The van der Waals surface area contributed by atoms with Gasteiger partial charge >= 0.3 is 5.97 Å². The molecule has 2 fully saturated rings. The average Bonchev–Trinajstić information content (AvgIpc) is 3.38. The van der Waals surface area contributed by atoms with E-state index in [1.807, 2.05) is 30.3 Å². The Morgan fingerprint density at radius 3 is 2.51 bits per heavy atom. The quantitative estimate of drug-likeness (QED) is 0.361. The highest BCUT2D eigenvalue weighted by molar-refractivity contribution is 6.05. The average molecular weight is 595 g/mol. The summed E-state index contributed by atoms with van der Waals surface area (Å²) in [6, 6.07) is 6.74. The van der Waals surface area contributed by atoms with E-state index in [2.05, 4.69) is 24.1 Å². The van der Waals surface area contributed by atoms with Gasteiger partial charge in [-0.25, -0.2) is 0 Å². The number of hydrogen-bond donors (Lipinski definition) is 2. The lowest BCUT2D eigenvalue weighted by molar-refractivity contribution is -0.158. The maximum absolute atomic E-state index is 14.5. The summed E-state index contributed by atoms with van der Waals surface area (Å²) < 4.78 is 12.4. The van der Waals surface area contributed by atoms with E-state index in [9.17, 15) is 24.3 Å². The molecule has 11 nitrogen and oxygen atoms in total. The first-order chi connectivity index (χ1) is 20.7. The molecule has 1 spiro atoms. The molecule has 5 rings (SSSR count). The van der Waals surface area contributed by atoms with Crippen molar-refractivity contribution in [2.45, 2.75) is 63.9 Å². The predicted molar refractivity (Wildman–Crippen MR) is 160 cm³/mol. The number of amides is 3. The van der Waals surface area contributed by atoms with Crippen molar-refractivity contribution in [1.82, 2.24) is 10.2 Å². The molecule has 0 bridgehead atoms. The number of carbonyl (C=O) groups is 4. The molecule has 0 saturated carbocycles. The summed E-state index contributed by atoms with van der Waals surface area (Å²) in [7, 11) is 0. The van der Waals surface area contributed by atoms with Crippen molar-refractivity contribution < 1.29 is 33.8 Å². The molecule has 1 aromatic carbocycles. The van der Waals surface area contributed by atoms with Crippen LogP contribution in [0.15, 0.2) is 48.6 Å². The molecule has 1 aromatic rings. The Balaban J connectivity index is 1.54. The molecule has 3 amide bonds. The van der Waals surface area contributed by atoms with Gasteiger partial charge in [0.15, 0.2) is 0 Å². The summed E-state index contributed by atoms with van der Waals surface area (Å²) >= 11 is 0. The van der Waals surface area contributed by atoms with Crippen LogP contribution in [0.1, 0.15) is 40.0 Å². The molecule has 0 unspecified atom stereocenters. The molecular formula is C32H42N4O7. The van der Waals surface area contributed by atoms with Crippen molar-refractivity contribution in [2.24, 2.45) is 11.8 Å². The molecule has 43 heavy (non-hydrogen) atoms. The highest BCUT2D eigenvalue weighted by Crippen LogP contribution is 2.53. The second-order valence-corrected chi connectivity index (χ2v) is 11.5. The molecule has 0 aromatic heterocycles. The maximum Gasteiger partial charge on any atom is 0.313 e. The highest BCUT2D eigenvalue weighted by Gasteiger charge is 2.71. The van der Waals surface area contributed by atoms with Gasteiger partial charge in [0.05, 0.1) is 18.6 Å². The number of esters is 1.